The number of carbonyl (C=O) groups excluding carboxylic acids is 1. The van der Waals surface area contributed by atoms with Crippen molar-refractivity contribution in [1.82, 2.24) is 9.97 Å². The van der Waals surface area contributed by atoms with Gasteiger partial charge in [0.2, 0.25) is 11.3 Å². The van der Waals surface area contributed by atoms with Crippen LogP contribution < -0.4 is 0 Å². The van der Waals surface area contributed by atoms with Gasteiger partial charge in [0, 0.05) is 38.1 Å². The summed E-state index contributed by atoms with van der Waals surface area (Å²) in [6.45, 7) is 0.215. The van der Waals surface area contributed by atoms with Crippen molar-refractivity contribution in [3.63, 3.8) is 0 Å². The largest absolute Gasteiger partial charge is 0.500 e. The number of hydrogen-bond donors (Lipinski definition) is 0. The van der Waals surface area contributed by atoms with E-state index in [1.807, 2.05) is 54.6 Å². The molecule has 1 aromatic heterocycles. The van der Waals surface area contributed by atoms with E-state index in [9.17, 15) is 4.79 Å². The van der Waals surface area contributed by atoms with Gasteiger partial charge in [-0.25, -0.2) is 9.97 Å². The number of esters is 1. The van der Waals surface area contributed by atoms with Crippen molar-refractivity contribution in [2.45, 2.75) is 6.61 Å². The number of halogens is 2. The van der Waals surface area contributed by atoms with Crippen molar-refractivity contribution in [2.24, 2.45) is 0 Å². The average Bonchev–Trinajstić information content (AvgIpc) is 2.72. The molecule has 1 heterocycles. The van der Waals surface area contributed by atoms with E-state index in [2.05, 4.69) is 16.0 Å². The summed E-state index contributed by atoms with van der Waals surface area (Å²) in [7, 11) is 0. The maximum Gasteiger partial charge on any atom is 0.250 e. The molecule has 0 N–H and O–H groups in total. The van der Waals surface area contributed by atoms with Gasteiger partial charge < -0.3 is 9.53 Å². The van der Waals surface area contributed by atoms with Crippen molar-refractivity contribution in [3.05, 3.63) is 94.4 Å². The number of aromatic nitrogens is 2. The van der Waals surface area contributed by atoms with E-state index < -0.39 is 5.97 Å². The van der Waals surface area contributed by atoms with Gasteiger partial charge in [-0.05, 0) is 28.8 Å². The van der Waals surface area contributed by atoms with E-state index in [1.54, 1.807) is 12.1 Å². The molecular formula is C22H13Cl2N2O2Y-. The fourth-order valence-electron chi connectivity index (χ4n) is 2.87. The smallest absolute Gasteiger partial charge is 0.250 e. The SMILES string of the molecule is O=C(OCc1ccccc1)c1[c-]cc(-c2cccc3nc(Cl)nc(Cl)c23)cc1.[Y]. The third kappa shape index (κ3) is 5.02. The molecule has 0 unspecified atom stereocenters. The van der Waals surface area contributed by atoms with Crippen LogP contribution in [-0.4, -0.2) is 15.9 Å². The molecule has 1 radical (unpaired) electrons. The van der Waals surface area contributed by atoms with Gasteiger partial charge in [-0.1, -0.05) is 65.2 Å². The molecule has 0 fully saturated rings. The van der Waals surface area contributed by atoms with Crippen LogP contribution in [0.5, 0.6) is 0 Å². The minimum absolute atomic E-state index is 0. The monoisotopic (exact) mass is 496 g/mol. The first-order valence-corrected chi connectivity index (χ1v) is 9.22. The molecule has 0 aliphatic rings. The standard InChI is InChI=1S/C22H13Cl2N2O2.Y/c23-20-19-17(7-4-8-18(19)25-22(24)26-20)15-9-11-16(12-10-15)21(27)28-13-14-5-2-1-3-6-14;/h1-11H,13H2;/q-1;. The molecule has 0 aliphatic heterocycles. The Morgan fingerprint density at radius 2 is 1.76 bits per heavy atom. The molecule has 0 spiro atoms. The van der Waals surface area contributed by atoms with Gasteiger partial charge in [-0.2, -0.15) is 0 Å². The molecule has 0 aliphatic carbocycles. The van der Waals surface area contributed by atoms with E-state index >= 15 is 0 Å². The molecule has 4 rings (SSSR count). The zero-order valence-corrected chi connectivity index (χ0v) is 19.5. The van der Waals surface area contributed by atoms with Crippen molar-refractivity contribution >= 4 is 40.1 Å². The number of ether oxygens (including phenoxy) is 1. The second-order valence-corrected chi connectivity index (χ2v) is 6.73. The Balaban J connectivity index is 0.00000240. The van der Waals surface area contributed by atoms with Crippen molar-refractivity contribution in [2.75, 3.05) is 0 Å². The van der Waals surface area contributed by atoms with Gasteiger partial charge >= 0.3 is 0 Å². The molecule has 0 saturated heterocycles. The molecule has 141 valence electrons. The van der Waals surface area contributed by atoms with E-state index in [0.29, 0.717) is 16.5 Å². The zero-order chi connectivity index (χ0) is 19.5. The van der Waals surface area contributed by atoms with Gasteiger partial charge in [0.15, 0.2) is 0 Å². The summed E-state index contributed by atoms with van der Waals surface area (Å²) in [5.41, 5.74) is 3.59. The number of benzene rings is 3. The first-order valence-electron chi connectivity index (χ1n) is 8.47. The predicted molar refractivity (Wildman–Crippen MR) is 109 cm³/mol. The molecule has 4 aromatic rings. The second-order valence-electron chi connectivity index (χ2n) is 6.04. The number of fused-ring (bicyclic) bond motifs is 1. The molecule has 29 heavy (non-hydrogen) atoms. The zero-order valence-electron chi connectivity index (χ0n) is 15.1. The van der Waals surface area contributed by atoms with Crippen LogP contribution in [-0.2, 0) is 44.1 Å². The molecule has 0 bridgehead atoms. The van der Waals surface area contributed by atoms with Crippen molar-refractivity contribution in [3.8, 4) is 11.1 Å². The Bertz CT molecular complexity index is 1150. The quantitative estimate of drug-likeness (QED) is 0.156. The second kappa shape index (κ2) is 9.77. The summed E-state index contributed by atoms with van der Waals surface area (Å²) in [6.07, 6.45) is 0. The van der Waals surface area contributed by atoms with Crippen molar-refractivity contribution < 1.29 is 42.2 Å². The normalized spacial score (nSPS) is 10.4. The first kappa shape index (κ1) is 21.9. The number of nitrogens with zero attached hydrogens (tertiary/aromatic N) is 2. The minimum Gasteiger partial charge on any atom is -0.500 e. The van der Waals surface area contributed by atoms with E-state index in [-0.39, 0.29) is 49.8 Å². The molecule has 7 heteroatoms. The van der Waals surface area contributed by atoms with E-state index in [1.165, 1.54) is 0 Å². The molecule has 0 saturated carbocycles. The van der Waals surface area contributed by atoms with Crippen LogP contribution in [0.4, 0.5) is 0 Å². The molecule has 0 atom stereocenters. The fraction of sp³-hybridized carbons (Fsp3) is 0.0455. The topological polar surface area (TPSA) is 52.1 Å². The average molecular weight is 497 g/mol. The minimum atomic E-state index is -0.429. The van der Waals surface area contributed by atoms with Crippen LogP contribution in [0.2, 0.25) is 10.4 Å². The van der Waals surface area contributed by atoms with Crippen LogP contribution in [0.3, 0.4) is 0 Å². The fourth-order valence-corrected chi connectivity index (χ4v) is 3.37. The van der Waals surface area contributed by atoms with E-state index in [0.717, 1.165) is 16.7 Å². The third-order valence-electron chi connectivity index (χ3n) is 4.21. The van der Waals surface area contributed by atoms with Crippen LogP contribution in [0.25, 0.3) is 22.0 Å². The van der Waals surface area contributed by atoms with Gasteiger partial charge in [0.25, 0.3) is 0 Å². The Labute approximate surface area is 203 Å². The maximum absolute atomic E-state index is 12.3. The first-order chi connectivity index (χ1) is 13.6. The molecule has 3 aromatic carbocycles. The molecular weight excluding hydrogens is 484 g/mol. The summed E-state index contributed by atoms with van der Waals surface area (Å²) in [5.74, 6) is -0.429. The number of carbonyl (C=O) groups is 1. The Morgan fingerprint density at radius 1 is 0.966 bits per heavy atom. The van der Waals surface area contributed by atoms with Crippen LogP contribution in [0, 0.1) is 6.07 Å². The summed E-state index contributed by atoms with van der Waals surface area (Å²) in [5, 5.41) is 1.07. The summed E-state index contributed by atoms with van der Waals surface area (Å²) < 4.78 is 5.34. The Hall–Kier alpha value is -1.85. The molecule has 0 amide bonds. The van der Waals surface area contributed by atoms with Gasteiger partial charge in [0.1, 0.15) is 11.8 Å². The maximum atomic E-state index is 12.3. The third-order valence-corrected chi connectivity index (χ3v) is 4.65. The Morgan fingerprint density at radius 3 is 2.48 bits per heavy atom. The number of rotatable bonds is 4. The van der Waals surface area contributed by atoms with Crippen LogP contribution in [0.1, 0.15) is 15.9 Å². The van der Waals surface area contributed by atoms with Crippen LogP contribution >= 0.6 is 23.2 Å². The van der Waals surface area contributed by atoms with E-state index in [4.69, 9.17) is 27.9 Å². The van der Waals surface area contributed by atoms with Crippen molar-refractivity contribution in [1.29, 1.82) is 0 Å². The summed E-state index contributed by atoms with van der Waals surface area (Å²) >= 11 is 12.2. The Kier molecular flexibility index (Phi) is 7.36. The van der Waals surface area contributed by atoms with Gasteiger partial charge in [-0.15, -0.1) is 24.3 Å². The van der Waals surface area contributed by atoms with Gasteiger partial charge in [0.05, 0.1) is 5.52 Å². The number of hydrogen-bond acceptors (Lipinski definition) is 4. The van der Waals surface area contributed by atoms with Crippen LogP contribution in [0.15, 0.2) is 66.7 Å². The summed E-state index contributed by atoms with van der Waals surface area (Å²) in [4.78, 5) is 20.5. The summed E-state index contributed by atoms with van der Waals surface area (Å²) in [6, 6.07) is 23.3. The predicted octanol–water partition coefficient (Wildman–Crippen LogP) is 5.76. The molecule has 4 nitrogen and oxygen atoms in total. The van der Waals surface area contributed by atoms with Gasteiger partial charge in [-0.3, -0.25) is 0 Å².